The van der Waals surface area contributed by atoms with Crippen molar-refractivity contribution in [3.63, 3.8) is 0 Å². The zero-order valence-electron chi connectivity index (χ0n) is 22.4. The third-order valence-corrected chi connectivity index (χ3v) is 11.1. The fourth-order valence-corrected chi connectivity index (χ4v) is 8.43. The van der Waals surface area contributed by atoms with E-state index in [-0.39, 0.29) is 19.1 Å². The number of benzene rings is 2. The van der Waals surface area contributed by atoms with Gasteiger partial charge in [-0.1, -0.05) is 66.6 Å². The van der Waals surface area contributed by atoms with Gasteiger partial charge in [-0.3, -0.25) is 4.79 Å². The number of aliphatic hydroxyl groups is 1. The highest BCUT2D eigenvalue weighted by atomic mass is 35.5. The second-order valence-corrected chi connectivity index (χ2v) is 13.4. The average Bonchev–Trinajstić information content (AvgIpc) is 2.97. The van der Waals surface area contributed by atoms with Crippen LogP contribution in [0.4, 0.5) is 0 Å². The number of hydrogen-bond donors (Lipinski definition) is 1. The van der Waals surface area contributed by atoms with Gasteiger partial charge in [-0.15, -0.1) is 0 Å². The lowest BCUT2D eigenvalue weighted by Gasteiger charge is -2.41. The second kappa shape index (κ2) is 11.7. The van der Waals surface area contributed by atoms with Gasteiger partial charge in [0.05, 0.1) is 12.2 Å². The van der Waals surface area contributed by atoms with Crippen molar-refractivity contribution in [2.75, 3.05) is 32.8 Å². The highest BCUT2D eigenvalue weighted by Gasteiger charge is 2.51. The van der Waals surface area contributed by atoms with Crippen LogP contribution in [-0.4, -0.2) is 73.8 Å². The summed E-state index contributed by atoms with van der Waals surface area (Å²) in [5, 5.41) is 11.7. The fourth-order valence-electron chi connectivity index (χ4n) is 6.12. The summed E-state index contributed by atoms with van der Waals surface area (Å²) in [4.78, 5) is 27.1. The molecular formula is C30H35ClN2O6S. The number of halogens is 1. The molecule has 8 nitrogen and oxygen atoms in total. The number of carbonyl (C=O) groups excluding carboxylic acids is 2. The number of carbonyl (C=O) groups is 2. The number of fused-ring (bicyclic) bond motifs is 1. The van der Waals surface area contributed by atoms with Crippen LogP contribution < -0.4 is 0 Å². The zero-order chi connectivity index (χ0) is 28.4. The fraction of sp³-hybridized carbons (Fsp3) is 0.467. The molecule has 5 rings (SSSR count). The molecule has 40 heavy (non-hydrogen) atoms. The van der Waals surface area contributed by atoms with Crippen LogP contribution in [0.2, 0.25) is 5.02 Å². The maximum absolute atomic E-state index is 14.1. The SMILES string of the molecule is O=CC1(S(=O)(=O)N2CCCCC2COCC(=O)N2CCC(O)(c3ccc(Cl)cc3)CC2)C=CCc2ccccc21. The standard InChI is InChI=1S/C30H35ClN2O6S/c31-25-12-10-24(11-13-25)29(36)15-18-32(19-16-29)28(35)21-39-20-26-8-3-4-17-33(26)40(37,38)30(22-34)14-5-7-23-6-1-2-9-27(23)30/h1-2,5-6,9-14,22,26,36H,3-4,7-8,15-21H2. The van der Waals surface area contributed by atoms with E-state index in [0.29, 0.717) is 68.6 Å². The van der Waals surface area contributed by atoms with E-state index < -0.39 is 26.4 Å². The number of rotatable bonds is 8. The first-order valence-electron chi connectivity index (χ1n) is 13.8. The molecule has 1 aliphatic carbocycles. The summed E-state index contributed by atoms with van der Waals surface area (Å²) in [7, 11) is -4.11. The quantitative estimate of drug-likeness (QED) is 0.375. The zero-order valence-corrected chi connectivity index (χ0v) is 23.9. The minimum absolute atomic E-state index is 0.0633. The van der Waals surface area contributed by atoms with Crippen LogP contribution in [0.1, 0.15) is 48.8 Å². The van der Waals surface area contributed by atoms with Crippen molar-refractivity contribution in [3.05, 3.63) is 82.4 Å². The van der Waals surface area contributed by atoms with E-state index in [1.165, 1.54) is 10.4 Å². The van der Waals surface area contributed by atoms with Gasteiger partial charge in [0.15, 0.2) is 11.0 Å². The van der Waals surface area contributed by atoms with Gasteiger partial charge < -0.3 is 19.5 Å². The minimum atomic E-state index is -4.11. The van der Waals surface area contributed by atoms with Gasteiger partial charge in [0.2, 0.25) is 15.9 Å². The number of likely N-dealkylation sites (tertiary alicyclic amines) is 1. The van der Waals surface area contributed by atoms with Crippen LogP contribution in [0.5, 0.6) is 0 Å². The number of hydrogen-bond acceptors (Lipinski definition) is 6. The van der Waals surface area contributed by atoms with Crippen molar-refractivity contribution < 1.29 is 27.9 Å². The Morgan fingerprint density at radius 3 is 2.52 bits per heavy atom. The third kappa shape index (κ3) is 5.37. The lowest BCUT2D eigenvalue weighted by atomic mass is 9.84. The molecule has 1 N–H and O–H groups in total. The lowest BCUT2D eigenvalue weighted by molar-refractivity contribution is -0.141. The van der Waals surface area contributed by atoms with Gasteiger partial charge in [-0.05, 0) is 60.9 Å². The van der Waals surface area contributed by atoms with Gasteiger partial charge in [-0.25, -0.2) is 8.42 Å². The molecule has 0 spiro atoms. The predicted octanol–water partition coefficient (Wildman–Crippen LogP) is 3.56. The molecule has 2 aromatic rings. The molecule has 2 unspecified atom stereocenters. The van der Waals surface area contributed by atoms with Gasteiger partial charge in [0.25, 0.3) is 0 Å². The number of nitrogens with zero attached hydrogens (tertiary/aromatic N) is 2. The minimum Gasteiger partial charge on any atom is -0.385 e. The Hall–Kier alpha value is -2.56. The maximum atomic E-state index is 14.1. The maximum Gasteiger partial charge on any atom is 0.248 e. The number of piperidine rings is 2. The molecule has 2 heterocycles. The summed E-state index contributed by atoms with van der Waals surface area (Å²) < 4.78 is 33.6. The molecule has 2 aromatic carbocycles. The number of aldehydes is 1. The monoisotopic (exact) mass is 586 g/mol. The van der Waals surface area contributed by atoms with E-state index in [0.717, 1.165) is 17.5 Å². The molecular weight excluding hydrogens is 552 g/mol. The smallest absolute Gasteiger partial charge is 0.248 e. The summed E-state index contributed by atoms with van der Waals surface area (Å²) in [5.74, 6) is -0.197. The largest absolute Gasteiger partial charge is 0.385 e. The van der Waals surface area contributed by atoms with Crippen LogP contribution in [0.25, 0.3) is 0 Å². The molecule has 10 heteroatoms. The molecule has 0 radical (unpaired) electrons. The summed E-state index contributed by atoms with van der Waals surface area (Å²) in [5.41, 5.74) is 1.08. The van der Waals surface area contributed by atoms with E-state index in [4.69, 9.17) is 16.3 Å². The summed E-state index contributed by atoms with van der Waals surface area (Å²) >= 11 is 5.97. The van der Waals surface area contributed by atoms with Crippen molar-refractivity contribution in [3.8, 4) is 0 Å². The van der Waals surface area contributed by atoms with Crippen molar-refractivity contribution in [1.82, 2.24) is 9.21 Å². The van der Waals surface area contributed by atoms with Crippen molar-refractivity contribution >= 4 is 33.8 Å². The van der Waals surface area contributed by atoms with Crippen LogP contribution in [0, 0.1) is 0 Å². The van der Waals surface area contributed by atoms with Gasteiger partial charge in [-0.2, -0.15) is 4.31 Å². The highest BCUT2D eigenvalue weighted by molar-refractivity contribution is 7.91. The normalized spacial score (nSPS) is 24.9. The van der Waals surface area contributed by atoms with E-state index >= 15 is 0 Å². The first kappa shape index (κ1) is 29.0. The highest BCUT2D eigenvalue weighted by Crippen LogP contribution is 2.40. The van der Waals surface area contributed by atoms with Crippen LogP contribution in [0.3, 0.4) is 0 Å². The third-order valence-electron chi connectivity index (χ3n) is 8.49. The summed E-state index contributed by atoms with van der Waals surface area (Å²) in [6, 6.07) is 13.8. The Morgan fingerprint density at radius 1 is 1.07 bits per heavy atom. The molecule has 0 saturated carbocycles. The van der Waals surface area contributed by atoms with Crippen LogP contribution >= 0.6 is 11.6 Å². The summed E-state index contributed by atoms with van der Waals surface area (Å²) in [6.07, 6.45) is 7.28. The first-order chi connectivity index (χ1) is 19.2. The molecule has 3 aliphatic rings. The molecule has 0 aromatic heterocycles. The molecule has 2 atom stereocenters. The van der Waals surface area contributed by atoms with Crippen molar-refractivity contribution in [2.24, 2.45) is 0 Å². The Balaban J connectivity index is 1.21. The average molecular weight is 587 g/mol. The Kier molecular flexibility index (Phi) is 8.50. The molecule has 1 amide bonds. The van der Waals surface area contributed by atoms with Crippen molar-refractivity contribution in [1.29, 1.82) is 0 Å². The first-order valence-corrected chi connectivity index (χ1v) is 15.6. The van der Waals surface area contributed by atoms with E-state index in [9.17, 15) is 23.1 Å². The Bertz CT molecular complexity index is 1370. The van der Waals surface area contributed by atoms with E-state index in [2.05, 4.69) is 0 Å². The van der Waals surface area contributed by atoms with Crippen LogP contribution in [0.15, 0.2) is 60.7 Å². The molecule has 2 saturated heterocycles. The predicted molar refractivity (Wildman–Crippen MR) is 152 cm³/mol. The molecule has 2 fully saturated rings. The van der Waals surface area contributed by atoms with Gasteiger partial charge in [0, 0.05) is 30.7 Å². The summed E-state index contributed by atoms with van der Waals surface area (Å²) in [6.45, 7) is 0.960. The van der Waals surface area contributed by atoms with E-state index in [1.54, 1.807) is 35.2 Å². The molecule has 214 valence electrons. The molecule has 2 aliphatic heterocycles. The second-order valence-electron chi connectivity index (χ2n) is 10.9. The Labute approximate surface area is 240 Å². The van der Waals surface area contributed by atoms with Gasteiger partial charge >= 0.3 is 0 Å². The molecule has 0 bridgehead atoms. The van der Waals surface area contributed by atoms with Gasteiger partial charge in [0.1, 0.15) is 6.61 Å². The van der Waals surface area contributed by atoms with E-state index in [1.807, 2.05) is 24.3 Å². The lowest BCUT2D eigenvalue weighted by Crippen LogP contribution is -2.54. The van der Waals surface area contributed by atoms with Crippen LogP contribution in [-0.2, 0) is 41.1 Å². The number of allylic oxidation sites excluding steroid dienone is 1. The Morgan fingerprint density at radius 2 is 1.80 bits per heavy atom. The van der Waals surface area contributed by atoms with Crippen molar-refractivity contribution in [2.45, 2.75) is 54.9 Å². The number of ether oxygens (including phenoxy) is 1. The number of sulfonamides is 1. The number of amides is 1. The topological polar surface area (TPSA) is 104 Å².